The van der Waals surface area contributed by atoms with Crippen molar-refractivity contribution in [1.29, 1.82) is 0 Å². The molecule has 0 aliphatic heterocycles. The van der Waals surface area contributed by atoms with Gasteiger partial charge in [0.1, 0.15) is 31.6 Å². The molecule has 26 heavy (non-hydrogen) atoms. The number of fused-ring (bicyclic) bond motifs is 1. The van der Waals surface area contributed by atoms with Crippen molar-refractivity contribution in [3.8, 4) is 0 Å². The summed E-state index contributed by atoms with van der Waals surface area (Å²) in [4.78, 5) is 45.4. The Balaban J connectivity index is 2.07. The number of amides is 1. The molecule has 2 aromatic heterocycles. The monoisotopic (exact) mass is 365 g/mol. The molecule has 0 aliphatic rings. The first kappa shape index (κ1) is 19.2. The predicted octanol–water partition coefficient (Wildman–Crippen LogP) is 0.254. The zero-order valence-corrected chi connectivity index (χ0v) is 14.6. The fourth-order valence-electron chi connectivity index (χ4n) is 1.92. The van der Waals surface area contributed by atoms with Gasteiger partial charge in [0, 0.05) is 20.8 Å². The number of aromatic nitrogens is 4. The van der Waals surface area contributed by atoms with E-state index in [1.165, 1.54) is 33.3 Å². The van der Waals surface area contributed by atoms with Gasteiger partial charge in [-0.25, -0.2) is 9.97 Å². The normalized spacial score (nSPS) is 10.8. The maximum Gasteiger partial charge on any atom is 0.302 e. The number of hydrogen-bond donors (Lipinski definition) is 1. The van der Waals surface area contributed by atoms with Crippen molar-refractivity contribution in [2.75, 3.05) is 18.5 Å². The Kier molecular flexibility index (Phi) is 6.55. The molecule has 2 heterocycles. The minimum Gasteiger partial charge on any atom is -0.463 e. The standard InChI is InChI=1S/C15H19N5O6/c1-9(21)18-15-16-4-13-14(19-15)20(7-17-13)8-26-12(5-24-10(2)22)6-25-11(3)23/h4,7,12H,5-6,8H2,1-3H3,(H,16,18,19,21). The van der Waals surface area contributed by atoms with Gasteiger partial charge in [0.05, 0.1) is 12.5 Å². The summed E-state index contributed by atoms with van der Waals surface area (Å²) in [5.74, 6) is -1.10. The Labute approximate surface area is 148 Å². The minimum atomic E-state index is -0.656. The van der Waals surface area contributed by atoms with Crippen LogP contribution in [0.15, 0.2) is 12.5 Å². The van der Waals surface area contributed by atoms with Gasteiger partial charge in [-0.05, 0) is 0 Å². The molecular weight excluding hydrogens is 346 g/mol. The molecule has 0 aliphatic carbocycles. The first-order valence-electron chi connectivity index (χ1n) is 7.69. The van der Waals surface area contributed by atoms with Gasteiger partial charge in [-0.3, -0.25) is 24.3 Å². The van der Waals surface area contributed by atoms with Gasteiger partial charge < -0.3 is 14.2 Å². The first-order chi connectivity index (χ1) is 12.3. The number of carbonyl (C=O) groups excluding carboxylic acids is 3. The van der Waals surface area contributed by atoms with Crippen LogP contribution in [-0.4, -0.2) is 56.7 Å². The van der Waals surface area contributed by atoms with Crippen LogP contribution in [0.2, 0.25) is 0 Å². The molecule has 2 aromatic rings. The van der Waals surface area contributed by atoms with E-state index in [4.69, 9.17) is 14.2 Å². The van der Waals surface area contributed by atoms with Crippen LogP contribution in [0.5, 0.6) is 0 Å². The van der Waals surface area contributed by atoms with Gasteiger partial charge in [0.2, 0.25) is 11.9 Å². The lowest BCUT2D eigenvalue weighted by atomic mass is 10.4. The molecule has 0 spiro atoms. The van der Waals surface area contributed by atoms with Gasteiger partial charge in [-0.15, -0.1) is 0 Å². The predicted molar refractivity (Wildman–Crippen MR) is 87.8 cm³/mol. The Morgan fingerprint density at radius 1 is 1.12 bits per heavy atom. The number of imidazole rings is 1. The smallest absolute Gasteiger partial charge is 0.302 e. The zero-order chi connectivity index (χ0) is 19.1. The van der Waals surface area contributed by atoms with Crippen molar-refractivity contribution in [2.24, 2.45) is 0 Å². The molecule has 1 amide bonds. The third-order valence-electron chi connectivity index (χ3n) is 3.04. The van der Waals surface area contributed by atoms with Gasteiger partial charge >= 0.3 is 11.9 Å². The van der Waals surface area contributed by atoms with Crippen LogP contribution >= 0.6 is 0 Å². The largest absolute Gasteiger partial charge is 0.463 e. The second-order valence-corrected chi connectivity index (χ2v) is 5.32. The molecular formula is C15H19N5O6. The van der Waals surface area contributed by atoms with Crippen LogP contribution in [0.1, 0.15) is 20.8 Å². The number of esters is 2. The third kappa shape index (κ3) is 5.77. The Morgan fingerprint density at radius 2 is 1.77 bits per heavy atom. The van der Waals surface area contributed by atoms with E-state index in [0.717, 1.165) is 0 Å². The molecule has 0 fully saturated rings. The summed E-state index contributed by atoms with van der Waals surface area (Å²) in [5, 5.41) is 2.49. The molecule has 11 heteroatoms. The number of anilines is 1. The van der Waals surface area contributed by atoms with Crippen molar-refractivity contribution in [3.63, 3.8) is 0 Å². The van der Waals surface area contributed by atoms with Crippen LogP contribution in [-0.2, 0) is 35.3 Å². The maximum absolute atomic E-state index is 11.1. The summed E-state index contributed by atoms with van der Waals surface area (Å²) >= 11 is 0. The first-order valence-corrected chi connectivity index (χ1v) is 7.69. The Morgan fingerprint density at radius 3 is 2.35 bits per heavy atom. The molecule has 1 N–H and O–H groups in total. The summed E-state index contributed by atoms with van der Waals surface area (Å²) in [6.45, 7) is 3.77. The molecule has 2 rings (SSSR count). The number of carbonyl (C=O) groups is 3. The van der Waals surface area contributed by atoms with E-state index >= 15 is 0 Å². The van der Waals surface area contributed by atoms with Crippen molar-refractivity contribution in [3.05, 3.63) is 12.5 Å². The molecule has 0 saturated heterocycles. The lowest BCUT2D eigenvalue weighted by Gasteiger charge is -2.17. The lowest BCUT2D eigenvalue weighted by molar-refractivity contribution is -0.154. The fourth-order valence-corrected chi connectivity index (χ4v) is 1.92. The highest BCUT2D eigenvalue weighted by atomic mass is 16.6. The van der Waals surface area contributed by atoms with Crippen LogP contribution in [0, 0.1) is 0 Å². The third-order valence-corrected chi connectivity index (χ3v) is 3.04. The van der Waals surface area contributed by atoms with Crippen LogP contribution in [0.3, 0.4) is 0 Å². The van der Waals surface area contributed by atoms with Crippen LogP contribution in [0.4, 0.5) is 5.95 Å². The quantitative estimate of drug-likeness (QED) is 0.653. The average Bonchev–Trinajstić information content (AvgIpc) is 2.95. The number of ether oxygens (including phenoxy) is 3. The summed E-state index contributed by atoms with van der Waals surface area (Å²) in [5.41, 5.74) is 0.960. The molecule has 140 valence electrons. The van der Waals surface area contributed by atoms with E-state index in [-0.39, 0.29) is 31.8 Å². The van der Waals surface area contributed by atoms with Crippen molar-refractivity contribution < 1.29 is 28.6 Å². The van der Waals surface area contributed by atoms with E-state index in [9.17, 15) is 14.4 Å². The highest BCUT2D eigenvalue weighted by molar-refractivity contribution is 5.87. The molecule has 11 nitrogen and oxygen atoms in total. The lowest BCUT2D eigenvalue weighted by Crippen LogP contribution is -2.28. The number of rotatable bonds is 8. The number of nitrogens with zero attached hydrogens (tertiary/aromatic N) is 4. The van der Waals surface area contributed by atoms with Gasteiger partial charge in [-0.2, -0.15) is 4.98 Å². The van der Waals surface area contributed by atoms with Crippen LogP contribution in [0.25, 0.3) is 11.2 Å². The van der Waals surface area contributed by atoms with Gasteiger partial charge in [0.15, 0.2) is 5.65 Å². The highest BCUT2D eigenvalue weighted by Gasteiger charge is 2.15. The maximum atomic E-state index is 11.1. The summed E-state index contributed by atoms with van der Waals surface area (Å²) in [7, 11) is 0. The van der Waals surface area contributed by atoms with Gasteiger partial charge in [-0.1, -0.05) is 0 Å². The highest BCUT2D eigenvalue weighted by Crippen LogP contribution is 2.12. The average molecular weight is 365 g/mol. The minimum absolute atomic E-state index is 0.0141. The number of nitrogens with one attached hydrogen (secondary N) is 1. The zero-order valence-electron chi connectivity index (χ0n) is 14.6. The Hall–Kier alpha value is -3.08. The summed E-state index contributed by atoms with van der Waals surface area (Å²) < 4.78 is 17.0. The van der Waals surface area contributed by atoms with E-state index in [1.54, 1.807) is 4.57 Å². The van der Waals surface area contributed by atoms with Gasteiger partial charge in [0.25, 0.3) is 0 Å². The topological polar surface area (TPSA) is 135 Å². The van der Waals surface area contributed by atoms with E-state index < -0.39 is 18.0 Å². The molecule has 0 aromatic carbocycles. The summed E-state index contributed by atoms with van der Waals surface area (Å²) in [6.07, 6.45) is 2.31. The van der Waals surface area contributed by atoms with Crippen molar-refractivity contribution in [2.45, 2.75) is 33.6 Å². The second-order valence-electron chi connectivity index (χ2n) is 5.32. The van der Waals surface area contributed by atoms with Crippen molar-refractivity contribution in [1.82, 2.24) is 19.5 Å². The van der Waals surface area contributed by atoms with Crippen LogP contribution < -0.4 is 5.32 Å². The van der Waals surface area contributed by atoms with Crippen molar-refractivity contribution >= 4 is 35.0 Å². The molecule has 0 atom stereocenters. The molecule has 0 radical (unpaired) electrons. The number of hydrogen-bond acceptors (Lipinski definition) is 9. The molecule has 0 bridgehead atoms. The van der Waals surface area contributed by atoms with E-state index in [2.05, 4.69) is 20.3 Å². The van der Waals surface area contributed by atoms with E-state index in [1.807, 2.05) is 0 Å². The van der Waals surface area contributed by atoms with E-state index in [0.29, 0.717) is 11.2 Å². The molecule has 0 saturated carbocycles. The molecule has 0 unspecified atom stereocenters. The fraction of sp³-hybridized carbons (Fsp3) is 0.467. The SMILES string of the molecule is CC(=O)Nc1ncc2ncn(COC(COC(C)=O)COC(C)=O)c2n1. The Bertz CT molecular complexity index is 787. The summed E-state index contributed by atoms with van der Waals surface area (Å²) in [6, 6.07) is 0. The second kappa shape index (κ2) is 8.85.